The number of thioether (sulfide) groups is 1. The average Bonchev–Trinajstić information content (AvgIpc) is 2.44. The molecule has 0 spiro atoms. The molecule has 1 aromatic carbocycles. The topological polar surface area (TPSA) is 46.6 Å². The first-order valence-corrected chi connectivity index (χ1v) is 7.29. The molecule has 110 valence electrons. The largest absolute Gasteiger partial charge is 0.466 e. The van der Waals surface area contributed by atoms with E-state index in [-0.39, 0.29) is 29.9 Å². The van der Waals surface area contributed by atoms with Crippen LogP contribution in [0.5, 0.6) is 0 Å². The maximum absolute atomic E-state index is 12.7. The maximum Gasteiger partial charge on any atom is 0.307 e. The number of carbonyl (C=O) groups excluding carboxylic acids is 2. The second-order valence-electron chi connectivity index (χ2n) is 4.11. The van der Waals surface area contributed by atoms with Crippen molar-refractivity contribution in [3.05, 3.63) is 30.1 Å². The summed E-state index contributed by atoms with van der Waals surface area (Å²) in [6.07, 6.45) is 0.192. The van der Waals surface area contributed by atoms with Crippen molar-refractivity contribution in [1.29, 1.82) is 0 Å². The Hall–Kier alpha value is -1.56. The Labute approximate surface area is 122 Å². The number of benzene rings is 1. The van der Waals surface area contributed by atoms with Gasteiger partial charge in [-0.25, -0.2) is 4.39 Å². The van der Waals surface area contributed by atoms with E-state index in [1.807, 2.05) is 0 Å². The highest BCUT2D eigenvalue weighted by molar-refractivity contribution is 8.00. The third-order valence-electron chi connectivity index (χ3n) is 2.56. The van der Waals surface area contributed by atoms with E-state index in [4.69, 9.17) is 4.74 Å². The van der Waals surface area contributed by atoms with Crippen molar-refractivity contribution in [2.45, 2.75) is 18.2 Å². The summed E-state index contributed by atoms with van der Waals surface area (Å²) < 4.78 is 17.5. The van der Waals surface area contributed by atoms with Gasteiger partial charge in [-0.05, 0) is 31.2 Å². The van der Waals surface area contributed by atoms with Crippen LogP contribution in [0.1, 0.15) is 13.3 Å². The lowest BCUT2D eigenvalue weighted by Crippen LogP contribution is -2.30. The predicted octanol–water partition coefficient (Wildman–Crippen LogP) is 2.33. The van der Waals surface area contributed by atoms with Crippen molar-refractivity contribution in [3.63, 3.8) is 0 Å². The van der Waals surface area contributed by atoms with E-state index in [0.717, 1.165) is 4.90 Å². The zero-order valence-corrected chi connectivity index (χ0v) is 12.4. The molecule has 0 heterocycles. The third-order valence-corrected chi connectivity index (χ3v) is 3.56. The van der Waals surface area contributed by atoms with Crippen LogP contribution >= 0.6 is 11.8 Å². The number of hydrogen-bond donors (Lipinski definition) is 0. The van der Waals surface area contributed by atoms with Gasteiger partial charge in [-0.15, -0.1) is 11.8 Å². The number of amides is 1. The van der Waals surface area contributed by atoms with Crippen LogP contribution in [0, 0.1) is 5.82 Å². The Kier molecular flexibility index (Phi) is 7.08. The van der Waals surface area contributed by atoms with Crippen LogP contribution in [0.25, 0.3) is 0 Å². The zero-order chi connectivity index (χ0) is 15.0. The normalized spacial score (nSPS) is 10.2. The molecule has 0 saturated carbocycles. The summed E-state index contributed by atoms with van der Waals surface area (Å²) in [5, 5.41) is 0. The van der Waals surface area contributed by atoms with Crippen LogP contribution < -0.4 is 0 Å². The molecule has 0 N–H and O–H groups in total. The van der Waals surface area contributed by atoms with Crippen LogP contribution in [-0.4, -0.2) is 42.7 Å². The lowest BCUT2D eigenvalue weighted by atomic mass is 10.4. The molecule has 1 rings (SSSR count). The summed E-state index contributed by atoms with van der Waals surface area (Å²) >= 11 is 1.34. The Balaban J connectivity index is 2.31. The van der Waals surface area contributed by atoms with Crippen molar-refractivity contribution in [2.24, 2.45) is 0 Å². The summed E-state index contributed by atoms with van der Waals surface area (Å²) in [6.45, 7) is 2.42. The maximum atomic E-state index is 12.7. The summed E-state index contributed by atoms with van der Waals surface area (Å²) in [6, 6.07) is 5.98. The highest BCUT2D eigenvalue weighted by atomic mass is 32.2. The molecule has 0 aliphatic rings. The van der Waals surface area contributed by atoms with Gasteiger partial charge in [0.25, 0.3) is 0 Å². The lowest BCUT2D eigenvalue weighted by Gasteiger charge is -2.16. The first kappa shape index (κ1) is 16.5. The number of rotatable bonds is 7. The number of ether oxygens (including phenoxy) is 1. The molecule has 6 heteroatoms. The molecule has 1 amide bonds. The standard InChI is InChI=1S/C14H18FNO3S/c1-3-19-14(18)8-9-16(2)13(17)10-20-12-6-4-11(15)5-7-12/h4-7H,3,8-10H2,1-2H3. The first-order valence-electron chi connectivity index (χ1n) is 6.31. The van der Waals surface area contributed by atoms with Crippen molar-refractivity contribution < 1.29 is 18.7 Å². The third kappa shape index (κ3) is 6.06. The number of hydrogen-bond acceptors (Lipinski definition) is 4. The van der Waals surface area contributed by atoms with Gasteiger partial charge in [-0.3, -0.25) is 9.59 Å². The number of nitrogens with zero attached hydrogens (tertiary/aromatic N) is 1. The Morgan fingerprint density at radius 1 is 1.30 bits per heavy atom. The fourth-order valence-electron chi connectivity index (χ4n) is 1.40. The molecule has 0 aliphatic carbocycles. The second-order valence-corrected chi connectivity index (χ2v) is 5.16. The lowest BCUT2D eigenvalue weighted by molar-refractivity contribution is -0.143. The minimum atomic E-state index is -0.307. The molecule has 0 aliphatic heterocycles. The van der Waals surface area contributed by atoms with E-state index in [0.29, 0.717) is 13.2 Å². The first-order chi connectivity index (χ1) is 9.52. The van der Waals surface area contributed by atoms with E-state index >= 15 is 0 Å². The van der Waals surface area contributed by atoms with Crippen LogP contribution in [0.4, 0.5) is 4.39 Å². The van der Waals surface area contributed by atoms with Gasteiger partial charge in [0.1, 0.15) is 5.82 Å². The van der Waals surface area contributed by atoms with Gasteiger partial charge >= 0.3 is 5.97 Å². The molecular weight excluding hydrogens is 281 g/mol. The second kappa shape index (κ2) is 8.58. The minimum Gasteiger partial charge on any atom is -0.466 e. The van der Waals surface area contributed by atoms with Gasteiger partial charge < -0.3 is 9.64 Å². The van der Waals surface area contributed by atoms with Crippen LogP contribution in [0.15, 0.2) is 29.2 Å². The van der Waals surface area contributed by atoms with E-state index in [1.54, 1.807) is 26.1 Å². The molecule has 0 bridgehead atoms. The fourth-order valence-corrected chi connectivity index (χ4v) is 2.24. The molecule has 0 atom stereocenters. The molecule has 20 heavy (non-hydrogen) atoms. The molecule has 0 fully saturated rings. The van der Waals surface area contributed by atoms with E-state index < -0.39 is 0 Å². The molecule has 4 nitrogen and oxygen atoms in total. The van der Waals surface area contributed by atoms with Crippen molar-refractivity contribution in [1.82, 2.24) is 4.90 Å². The average molecular weight is 299 g/mol. The number of halogens is 1. The van der Waals surface area contributed by atoms with Gasteiger partial charge in [-0.1, -0.05) is 0 Å². The summed E-state index contributed by atoms with van der Waals surface area (Å²) in [4.78, 5) is 25.3. The predicted molar refractivity (Wildman–Crippen MR) is 76.0 cm³/mol. The van der Waals surface area contributed by atoms with Crippen molar-refractivity contribution in [3.8, 4) is 0 Å². The molecule has 1 aromatic rings. The fraction of sp³-hybridized carbons (Fsp3) is 0.429. The van der Waals surface area contributed by atoms with Crippen molar-refractivity contribution >= 4 is 23.6 Å². The Morgan fingerprint density at radius 3 is 2.55 bits per heavy atom. The van der Waals surface area contributed by atoms with Gasteiger partial charge in [0.2, 0.25) is 5.91 Å². The van der Waals surface area contributed by atoms with Crippen LogP contribution in [0.3, 0.4) is 0 Å². The molecule has 0 aromatic heterocycles. The Bertz CT molecular complexity index is 450. The Morgan fingerprint density at radius 2 is 1.95 bits per heavy atom. The van der Waals surface area contributed by atoms with E-state index in [1.165, 1.54) is 28.8 Å². The molecule has 0 saturated heterocycles. The summed E-state index contributed by atoms with van der Waals surface area (Å²) in [7, 11) is 1.65. The van der Waals surface area contributed by atoms with Gasteiger partial charge in [-0.2, -0.15) is 0 Å². The van der Waals surface area contributed by atoms with Gasteiger partial charge in [0, 0.05) is 18.5 Å². The zero-order valence-electron chi connectivity index (χ0n) is 11.6. The molecule has 0 unspecified atom stereocenters. The minimum absolute atomic E-state index is 0.0800. The molecular formula is C14H18FNO3S. The van der Waals surface area contributed by atoms with Gasteiger partial charge in [0.05, 0.1) is 18.8 Å². The van der Waals surface area contributed by atoms with E-state index in [9.17, 15) is 14.0 Å². The summed E-state index contributed by atoms with van der Waals surface area (Å²) in [5.41, 5.74) is 0. The van der Waals surface area contributed by atoms with Crippen LogP contribution in [0.2, 0.25) is 0 Å². The summed E-state index contributed by atoms with van der Waals surface area (Å²) in [5.74, 6) is -0.431. The monoisotopic (exact) mass is 299 g/mol. The number of esters is 1. The smallest absolute Gasteiger partial charge is 0.307 e. The highest BCUT2D eigenvalue weighted by Crippen LogP contribution is 2.18. The van der Waals surface area contributed by atoms with Crippen LogP contribution in [-0.2, 0) is 14.3 Å². The molecule has 0 radical (unpaired) electrons. The van der Waals surface area contributed by atoms with Crippen molar-refractivity contribution in [2.75, 3.05) is 26.0 Å². The highest BCUT2D eigenvalue weighted by Gasteiger charge is 2.11. The van der Waals surface area contributed by atoms with E-state index in [2.05, 4.69) is 0 Å². The SMILES string of the molecule is CCOC(=O)CCN(C)C(=O)CSc1ccc(F)cc1. The van der Waals surface area contributed by atoms with Gasteiger partial charge in [0.15, 0.2) is 0 Å². The number of carbonyl (C=O) groups is 2. The quantitative estimate of drug-likeness (QED) is 0.572.